The molecule has 1 heterocycles. The zero-order chi connectivity index (χ0) is 14.5. The molecular weight excluding hydrogens is 254 g/mol. The molecule has 20 heavy (non-hydrogen) atoms. The fourth-order valence-electron chi connectivity index (χ4n) is 2.20. The van der Waals surface area contributed by atoms with Gasteiger partial charge in [-0.1, -0.05) is 0 Å². The zero-order valence-corrected chi connectivity index (χ0v) is 12.4. The van der Waals surface area contributed by atoms with Crippen molar-refractivity contribution in [3.63, 3.8) is 0 Å². The summed E-state index contributed by atoms with van der Waals surface area (Å²) in [6, 6.07) is 8.10. The molecule has 5 nitrogen and oxygen atoms in total. The molecule has 0 aliphatic heterocycles. The van der Waals surface area contributed by atoms with Gasteiger partial charge in [0.1, 0.15) is 11.5 Å². The van der Waals surface area contributed by atoms with Crippen LogP contribution < -0.4 is 14.8 Å². The summed E-state index contributed by atoms with van der Waals surface area (Å²) in [6.07, 6.45) is 2.77. The number of hydrogen-bond acceptors (Lipinski definition) is 4. The van der Waals surface area contributed by atoms with Gasteiger partial charge < -0.3 is 14.8 Å². The minimum absolute atomic E-state index is 0.161. The standard InChI is InChI=1S/C15H21N3O2/c1-16-15(9-12-5-6-18(2)17-12)11-7-13(19-3)10-14(8-11)20-4/h5-8,10,15-16H,9H2,1-4H3. The smallest absolute Gasteiger partial charge is 0.122 e. The van der Waals surface area contributed by atoms with E-state index in [-0.39, 0.29) is 6.04 Å². The van der Waals surface area contributed by atoms with Gasteiger partial charge in [-0.2, -0.15) is 5.10 Å². The number of nitrogens with one attached hydrogen (secondary N) is 1. The van der Waals surface area contributed by atoms with Crippen molar-refractivity contribution >= 4 is 0 Å². The first-order chi connectivity index (χ1) is 9.66. The third-order valence-electron chi connectivity index (χ3n) is 3.31. The van der Waals surface area contributed by atoms with Gasteiger partial charge in [0.25, 0.3) is 0 Å². The summed E-state index contributed by atoms with van der Waals surface area (Å²) in [7, 11) is 7.18. The van der Waals surface area contributed by atoms with Gasteiger partial charge in [-0.25, -0.2) is 0 Å². The van der Waals surface area contributed by atoms with Crippen molar-refractivity contribution in [3.8, 4) is 11.5 Å². The van der Waals surface area contributed by atoms with Crippen LogP contribution in [0.25, 0.3) is 0 Å². The first kappa shape index (κ1) is 14.4. The molecule has 0 spiro atoms. The van der Waals surface area contributed by atoms with Gasteiger partial charge in [0.15, 0.2) is 0 Å². The second-order valence-electron chi connectivity index (χ2n) is 4.67. The van der Waals surface area contributed by atoms with Gasteiger partial charge in [-0.05, 0) is 30.8 Å². The van der Waals surface area contributed by atoms with Crippen molar-refractivity contribution in [1.29, 1.82) is 0 Å². The van der Waals surface area contributed by atoms with Crippen molar-refractivity contribution in [2.75, 3.05) is 21.3 Å². The van der Waals surface area contributed by atoms with Crippen LogP contribution in [0, 0.1) is 0 Å². The first-order valence-electron chi connectivity index (χ1n) is 6.55. The number of nitrogens with zero attached hydrogens (tertiary/aromatic N) is 2. The summed E-state index contributed by atoms with van der Waals surface area (Å²) in [4.78, 5) is 0. The Labute approximate surface area is 119 Å². The molecule has 0 amide bonds. The summed E-state index contributed by atoms with van der Waals surface area (Å²) >= 11 is 0. The number of methoxy groups -OCH3 is 2. The lowest BCUT2D eigenvalue weighted by molar-refractivity contribution is 0.391. The predicted octanol–water partition coefficient (Wildman–Crippen LogP) is 1.94. The van der Waals surface area contributed by atoms with E-state index in [1.165, 1.54) is 0 Å². The molecule has 0 aliphatic carbocycles. The molecule has 0 aliphatic rings. The highest BCUT2D eigenvalue weighted by molar-refractivity contribution is 5.40. The maximum Gasteiger partial charge on any atom is 0.122 e. The van der Waals surface area contributed by atoms with Crippen LogP contribution >= 0.6 is 0 Å². The molecular formula is C15H21N3O2. The van der Waals surface area contributed by atoms with Gasteiger partial charge >= 0.3 is 0 Å². The molecule has 1 aromatic carbocycles. The Bertz CT molecular complexity index is 544. The van der Waals surface area contributed by atoms with E-state index in [9.17, 15) is 0 Å². The molecule has 1 aromatic heterocycles. The summed E-state index contributed by atoms with van der Waals surface area (Å²) in [5.41, 5.74) is 2.17. The van der Waals surface area contributed by atoms with Crippen LogP contribution in [0.2, 0.25) is 0 Å². The maximum atomic E-state index is 5.32. The largest absolute Gasteiger partial charge is 0.497 e. The fourth-order valence-corrected chi connectivity index (χ4v) is 2.20. The minimum Gasteiger partial charge on any atom is -0.497 e. The van der Waals surface area contributed by atoms with Gasteiger partial charge in [0.2, 0.25) is 0 Å². The van der Waals surface area contributed by atoms with Crippen LogP contribution in [0.4, 0.5) is 0 Å². The lowest BCUT2D eigenvalue weighted by atomic mass is 10.0. The van der Waals surface area contributed by atoms with Crippen LogP contribution in [0.15, 0.2) is 30.5 Å². The van der Waals surface area contributed by atoms with E-state index in [0.29, 0.717) is 0 Å². The van der Waals surface area contributed by atoms with E-state index < -0.39 is 0 Å². The highest BCUT2D eigenvalue weighted by Gasteiger charge is 2.14. The average molecular weight is 275 g/mol. The Morgan fingerprint density at radius 1 is 1.20 bits per heavy atom. The molecule has 0 saturated heterocycles. The van der Waals surface area contributed by atoms with Crippen LogP contribution in [0.3, 0.4) is 0 Å². The zero-order valence-electron chi connectivity index (χ0n) is 12.4. The van der Waals surface area contributed by atoms with Crippen LogP contribution in [-0.2, 0) is 13.5 Å². The van der Waals surface area contributed by atoms with E-state index in [1.54, 1.807) is 14.2 Å². The topological polar surface area (TPSA) is 48.3 Å². The fraction of sp³-hybridized carbons (Fsp3) is 0.400. The summed E-state index contributed by atoms with van der Waals surface area (Å²) in [5, 5.41) is 7.74. The van der Waals surface area contributed by atoms with Crippen molar-refractivity contribution in [2.24, 2.45) is 7.05 Å². The average Bonchev–Trinajstić information content (AvgIpc) is 2.89. The number of benzene rings is 1. The second-order valence-corrected chi connectivity index (χ2v) is 4.67. The van der Waals surface area contributed by atoms with E-state index in [1.807, 2.05) is 49.2 Å². The lowest BCUT2D eigenvalue weighted by Crippen LogP contribution is -2.19. The number of rotatable bonds is 6. The first-order valence-corrected chi connectivity index (χ1v) is 6.55. The van der Waals surface area contributed by atoms with Crippen molar-refractivity contribution in [3.05, 3.63) is 41.7 Å². The maximum absolute atomic E-state index is 5.32. The molecule has 108 valence electrons. The molecule has 5 heteroatoms. The van der Waals surface area contributed by atoms with Crippen LogP contribution in [-0.4, -0.2) is 31.0 Å². The third-order valence-corrected chi connectivity index (χ3v) is 3.31. The molecule has 2 rings (SSSR count). The van der Waals surface area contributed by atoms with Gasteiger partial charge in [-0.15, -0.1) is 0 Å². The summed E-state index contributed by atoms with van der Waals surface area (Å²) < 4.78 is 12.5. The van der Waals surface area contributed by atoms with E-state index in [0.717, 1.165) is 29.2 Å². The van der Waals surface area contributed by atoms with E-state index in [2.05, 4.69) is 10.4 Å². The Kier molecular flexibility index (Phi) is 4.63. The molecule has 1 N–H and O–H groups in total. The quantitative estimate of drug-likeness (QED) is 0.875. The second kappa shape index (κ2) is 6.43. The molecule has 0 fully saturated rings. The van der Waals surface area contributed by atoms with Gasteiger partial charge in [-0.3, -0.25) is 4.68 Å². The van der Waals surface area contributed by atoms with Crippen molar-refractivity contribution < 1.29 is 9.47 Å². The molecule has 2 aromatic rings. The summed E-state index contributed by atoms with van der Waals surface area (Å²) in [6.45, 7) is 0. The number of aromatic nitrogens is 2. The third kappa shape index (κ3) is 3.30. The van der Waals surface area contributed by atoms with Crippen molar-refractivity contribution in [1.82, 2.24) is 15.1 Å². The Hall–Kier alpha value is -2.01. The molecule has 0 saturated carbocycles. The van der Waals surface area contributed by atoms with Crippen LogP contribution in [0.1, 0.15) is 17.3 Å². The van der Waals surface area contributed by atoms with Gasteiger partial charge in [0, 0.05) is 31.8 Å². The lowest BCUT2D eigenvalue weighted by Gasteiger charge is -2.17. The Balaban J connectivity index is 2.26. The number of ether oxygens (including phenoxy) is 2. The number of likely N-dealkylation sites (N-methyl/N-ethyl adjacent to an activating group) is 1. The highest BCUT2D eigenvalue weighted by atomic mass is 16.5. The highest BCUT2D eigenvalue weighted by Crippen LogP contribution is 2.27. The van der Waals surface area contributed by atoms with E-state index in [4.69, 9.17) is 9.47 Å². The van der Waals surface area contributed by atoms with E-state index >= 15 is 0 Å². The minimum atomic E-state index is 0.161. The Morgan fingerprint density at radius 3 is 2.30 bits per heavy atom. The monoisotopic (exact) mass is 275 g/mol. The Morgan fingerprint density at radius 2 is 1.85 bits per heavy atom. The molecule has 1 atom stereocenters. The normalized spacial score (nSPS) is 12.2. The molecule has 0 radical (unpaired) electrons. The van der Waals surface area contributed by atoms with Crippen molar-refractivity contribution in [2.45, 2.75) is 12.5 Å². The predicted molar refractivity (Wildman–Crippen MR) is 78.3 cm³/mol. The SMILES string of the molecule is CNC(Cc1ccn(C)n1)c1cc(OC)cc(OC)c1. The van der Waals surface area contributed by atoms with Crippen LogP contribution in [0.5, 0.6) is 11.5 Å². The summed E-state index contributed by atoms with van der Waals surface area (Å²) in [5.74, 6) is 1.58. The molecule has 1 unspecified atom stereocenters. The molecule has 0 bridgehead atoms. The number of hydrogen-bond donors (Lipinski definition) is 1. The number of aryl methyl sites for hydroxylation is 1. The van der Waals surface area contributed by atoms with Gasteiger partial charge in [0.05, 0.1) is 19.9 Å².